The summed E-state index contributed by atoms with van der Waals surface area (Å²) in [6, 6.07) is 9.76. The van der Waals surface area contributed by atoms with Crippen LogP contribution < -0.4 is 14.9 Å². The van der Waals surface area contributed by atoms with E-state index >= 15 is 0 Å². The van der Waals surface area contributed by atoms with Crippen molar-refractivity contribution >= 4 is 44.5 Å². The van der Waals surface area contributed by atoms with Gasteiger partial charge >= 0.3 is 5.97 Å². The van der Waals surface area contributed by atoms with E-state index in [1.165, 1.54) is 13.2 Å². The lowest BCUT2D eigenvalue weighted by molar-refractivity contribution is -0.142. The number of carboxylic acid groups (broad SMARTS) is 1. The maximum absolute atomic E-state index is 12.6. The molecule has 3 rings (SSSR count). The van der Waals surface area contributed by atoms with E-state index in [0.717, 1.165) is 0 Å². The summed E-state index contributed by atoms with van der Waals surface area (Å²) < 4.78 is 22.8. The summed E-state index contributed by atoms with van der Waals surface area (Å²) in [6.45, 7) is 0.145. The van der Waals surface area contributed by atoms with Gasteiger partial charge in [-0.3, -0.25) is 4.79 Å². The molecule has 0 spiro atoms. The van der Waals surface area contributed by atoms with Gasteiger partial charge in [-0.25, -0.2) is 4.79 Å². The van der Waals surface area contributed by atoms with E-state index in [9.17, 15) is 9.59 Å². The zero-order valence-electron chi connectivity index (χ0n) is 15.9. The van der Waals surface area contributed by atoms with E-state index in [2.05, 4.69) is 15.9 Å². The molecule has 0 radical (unpaired) electrons. The van der Waals surface area contributed by atoms with Crippen LogP contribution in [-0.2, 0) is 9.53 Å². The number of rotatable bonds is 9. The third-order valence-electron chi connectivity index (χ3n) is 4.14. The molecule has 0 saturated heterocycles. The Kier molecular flexibility index (Phi) is 7.36. The lowest BCUT2D eigenvalue weighted by atomic mass is 10.1. The normalized spacial score (nSPS) is 10.9. The van der Waals surface area contributed by atoms with Crippen LogP contribution in [-0.4, -0.2) is 38.0 Å². The van der Waals surface area contributed by atoms with Crippen molar-refractivity contribution in [3.63, 3.8) is 0 Å². The van der Waals surface area contributed by atoms with Crippen LogP contribution in [0.5, 0.6) is 11.5 Å². The minimum Gasteiger partial charge on any atom is -0.496 e. The summed E-state index contributed by atoms with van der Waals surface area (Å²) in [6.07, 6.45) is 0.476. The SMILES string of the molecule is COc1cc(-c2cc(=O)c3cccc(Cl)c3o2)c(OCCCOCC(=O)O)cc1Br. The van der Waals surface area contributed by atoms with Crippen molar-refractivity contribution < 1.29 is 28.5 Å². The first kappa shape index (κ1) is 22.1. The van der Waals surface area contributed by atoms with E-state index in [1.54, 1.807) is 30.3 Å². The minimum absolute atomic E-state index is 0.233. The molecule has 158 valence electrons. The molecule has 1 N–H and O–H groups in total. The molecule has 3 aromatic rings. The van der Waals surface area contributed by atoms with Crippen molar-refractivity contribution in [1.29, 1.82) is 0 Å². The predicted octanol–water partition coefficient (Wildman–Crippen LogP) is 4.75. The third-order valence-corrected chi connectivity index (χ3v) is 5.06. The standard InChI is InChI=1S/C21H18BrClO7/c1-27-19-8-13(17(9-14(19)22)29-7-3-6-28-11-20(25)26)18-10-16(24)12-4-2-5-15(23)21(12)30-18/h2,4-5,8-10H,3,6-7,11H2,1H3,(H,25,26). The number of aliphatic carboxylic acids is 1. The predicted molar refractivity (Wildman–Crippen MR) is 116 cm³/mol. The zero-order chi connectivity index (χ0) is 21.7. The number of carboxylic acids is 1. The van der Waals surface area contributed by atoms with E-state index in [4.69, 9.17) is 35.3 Å². The van der Waals surface area contributed by atoms with Gasteiger partial charge in [-0.2, -0.15) is 0 Å². The number of para-hydroxylation sites is 1. The average Bonchev–Trinajstić information content (AvgIpc) is 2.71. The van der Waals surface area contributed by atoms with Gasteiger partial charge in [0.1, 0.15) is 23.9 Å². The Bertz CT molecular complexity index is 1130. The van der Waals surface area contributed by atoms with Gasteiger partial charge in [0, 0.05) is 12.5 Å². The molecule has 1 heterocycles. The molecule has 0 bridgehead atoms. The number of methoxy groups -OCH3 is 1. The first-order valence-corrected chi connectivity index (χ1v) is 10.1. The fourth-order valence-corrected chi connectivity index (χ4v) is 3.48. The second kappa shape index (κ2) is 9.97. The molecule has 0 saturated carbocycles. The zero-order valence-corrected chi connectivity index (χ0v) is 18.3. The first-order chi connectivity index (χ1) is 14.4. The van der Waals surface area contributed by atoms with Crippen LogP contribution in [0.25, 0.3) is 22.3 Å². The molecule has 30 heavy (non-hydrogen) atoms. The molecule has 0 aliphatic carbocycles. The summed E-state index contributed by atoms with van der Waals surface area (Å²) >= 11 is 9.64. The molecule has 0 amide bonds. The Morgan fingerprint density at radius 1 is 1.20 bits per heavy atom. The van der Waals surface area contributed by atoms with Crippen LogP contribution in [0.3, 0.4) is 0 Å². The van der Waals surface area contributed by atoms with Gasteiger partial charge in [0.2, 0.25) is 0 Å². The maximum atomic E-state index is 12.6. The largest absolute Gasteiger partial charge is 0.496 e. The lowest BCUT2D eigenvalue weighted by Gasteiger charge is -2.14. The number of hydrogen-bond donors (Lipinski definition) is 1. The lowest BCUT2D eigenvalue weighted by Crippen LogP contribution is -2.10. The van der Waals surface area contributed by atoms with Gasteiger partial charge in [0.05, 0.1) is 40.8 Å². The van der Waals surface area contributed by atoms with Crippen molar-refractivity contribution in [3.8, 4) is 22.8 Å². The third kappa shape index (κ3) is 5.13. The molecule has 7 nitrogen and oxygen atoms in total. The van der Waals surface area contributed by atoms with E-state index in [0.29, 0.717) is 38.4 Å². The van der Waals surface area contributed by atoms with Crippen LogP contribution >= 0.6 is 27.5 Å². The molecular weight excluding hydrogens is 480 g/mol. The highest BCUT2D eigenvalue weighted by atomic mass is 79.9. The Morgan fingerprint density at radius 3 is 2.73 bits per heavy atom. The van der Waals surface area contributed by atoms with Gasteiger partial charge < -0.3 is 23.7 Å². The van der Waals surface area contributed by atoms with Gasteiger partial charge in [0.25, 0.3) is 0 Å². The van der Waals surface area contributed by atoms with Crippen LogP contribution in [0, 0.1) is 0 Å². The highest BCUT2D eigenvalue weighted by Gasteiger charge is 2.17. The molecule has 0 fully saturated rings. The Labute approximate surface area is 185 Å². The van der Waals surface area contributed by atoms with Gasteiger partial charge in [0.15, 0.2) is 11.0 Å². The average molecular weight is 498 g/mol. The van der Waals surface area contributed by atoms with Crippen LogP contribution in [0.4, 0.5) is 0 Å². The van der Waals surface area contributed by atoms with Crippen molar-refractivity contribution in [2.75, 3.05) is 26.9 Å². The summed E-state index contributed by atoms with van der Waals surface area (Å²) in [5, 5.41) is 9.30. The van der Waals surface area contributed by atoms with E-state index < -0.39 is 5.97 Å². The summed E-state index contributed by atoms with van der Waals surface area (Å²) in [5.74, 6) is 0.241. The van der Waals surface area contributed by atoms with E-state index in [-0.39, 0.29) is 36.6 Å². The number of hydrogen-bond acceptors (Lipinski definition) is 6. The molecule has 0 aliphatic heterocycles. The Hall–Kier alpha value is -2.55. The molecular formula is C21H18BrClO7. The first-order valence-electron chi connectivity index (χ1n) is 8.93. The molecule has 0 atom stereocenters. The van der Waals surface area contributed by atoms with Gasteiger partial charge in [-0.1, -0.05) is 17.7 Å². The number of carbonyl (C=O) groups is 1. The van der Waals surface area contributed by atoms with E-state index in [1.807, 2.05) is 0 Å². The van der Waals surface area contributed by atoms with Gasteiger partial charge in [-0.05, 0) is 40.2 Å². The molecule has 0 unspecified atom stereocenters. The molecule has 1 aromatic heterocycles. The second-order valence-electron chi connectivity index (χ2n) is 6.22. The molecule has 9 heteroatoms. The smallest absolute Gasteiger partial charge is 0.329 e. The summed E-state index contributed by atoms with van der Waals surface area (Å²) in [7, 11) is 1.53. The number of benzene rings is 2. The van der Waals surface area contributed by atoms with Crippen LogP contribution in [0.1, 0.15) is 6.42 Å². The maximum Gasteiger partial charge on any atom is 0.329 e. The van der Waals surface area contributed by atoms with Crippen molar-refractivity contribution in [2.45, 2.75) is 6.42 Å². The monoisotopic (exact) mass is 496 g/mol. The number of halogens is 2. The Morgan fingerprint density at radius 2 is 2.00 bits per heavy atom. The van der Waals surface area contributed by atoms with Crippen molar-refractivity contribution in [1.82, 2.24) is 0 Å². The Balaban J connectivity index is 1.93. The number of ether oxygens (including phenoxy) is 3. The summed E-state index contributed by atoms with van der Waals surface area (Å²) in [4.78, 5) is 23.1. The van der Waals surface area contributed by atoms with Crippen LogP contribution in [0.2, 0.25) is 5.02 Å². The quantitative estimate of drug-likeness (QED) is 0.426. The minimum atomic E-state index is -1.03. The second-order valence-corrected chi connectivity index (χ2v) is 7.48. The highest BCUT2D eigenvalue weighted by Crippen LogP contribution is 2.39. The topological polar surface area (TPSA) is 95.2 Å². The number of fused-ring (bicyclic) bond motifs is 1. The summed E-state index contributed by atoms with van der Waals surface area (Å²) in [5.41, 5.74) is 0.570. The highest BCUT2D eigenvalue weighted by molar-refractivity contribution is 9.10. The van der Waals surface area contributed by atoms with Gasteiger partial charge in [-0.15, -0.1) is 0 Å². The fraction of sp³-hybridized carbons (Fsp3) is 0.238. The molecule has 2 aromatic carbocycles. The molecule has 0 aliphatic rings. The van der Waals surface area contributed by atoms with Crippen molar-refractivity contribution in [2.24, 2.45) is 0 Å². The fourth-order valence-electron chi connectivity index (χ4n) is 2.78. The van der Waals surface area contributed by atoms with Crippen LogP contribution in [0.15, 0.2) is 50.1 Å². The van der Waals surface area contributed by atoms with Crippen molar-refractivity contribution in [3.05, 3.63) is 56.1 Å².